The number of pyridine rings is 1. The number of nitrogens with zero attached hydrogens (tertiary/aromatic N) is 5. The number of rotatable bonds is 8. The van der Waals surface area contributed by atoms with E-state index in [1.807, 2.05) is 43.5 Å². The van der Waals surface area contributed by atoms with Crippen molar-refractivity contribution in [3.8, 4) is 17.9 Å². The summed E-state index contributed by atoms with van der Waals surface area (Å²) in [6.45, 7) is 9.24. The largest absolute Gasteiger partial charge is 0.352 e. The minimum atomic E-state index is -1.68. The predicted octanol–water partition coefficient (Wildman–Crippen LogP) is 8.13. The van der Waals surface area contributed by atoms with Crippen molar-refractivity contribution in [3.05, 3.63) is 99.3 Å². The second-order valence-electron chi connectivity index (χ2n) is 18.8. The molecule has 4 aromatic rings. The van der Waals surface area contributed by atoms with Crippen molar-refractivity contribution < 1.29 is 23.2 Å². The molecule has 15 heteroatoms. The van der Waals surface area contributed by atoms with Crippen LogP contribution in [-0.4, -0.2) is 76.4 Å². The summed E-state index contributed by atoms with van der Waals surface area (Å²) in [4.78, 5) is 47.0. The number of hydrogen-bond acceptors (Lipinski definition) is 7. The van der Waals surface area contributed by atoms with Crippen molar-refractivity contribution in [2.45, 2.75) is 102 Å². The molecule has 5 heterocycles. The number of imide groups is 1. The lowest BCUT2D eigenvalue weighted by molar-refractivity contribution is -0.124. The number of carbonyl (C=O) groups is 3. The number of nitriles is 1. The zero-order valence-corrected chi connectivity index (χ0v) is 37.2. The average molecular weight is 898 g/mol. The number of anilines is 1. The Morgan fingerprint density at radius 3 is 2.48 bits per heavy atom. The first kappa shape index (κ1) is 44.6. The number of urea groups is 1. The number of halogens is 4. The van der Waals surface area contributed by atoms with Crippen LogP contribution in [0.5, 0.6) is 0 Å². The van der Waals surface area contributed by atoms with Crippen LogP contribution in [0, 0.1) is 52.1 Å². The van der Waals surface area contributed by atoms with Gasteiger partial charge in [0.2, 0.25) is 11.8 Å². The fraction of sp³-hybridized carbons (Fsp3) is 0.479. The SMILES string of the molecule is CC(C)(C)C[C@@H]1N[C@@H](C(=O)NC2CCC(CN3CCC(C#Cc4ccn5c(N6CCC(=O)NC6=O)cnc5c4)CC3)CC2)[C@H](c2cccc(Cl)c2F)[C@@]1(C#N)c1ccc(Cl)cc1F. The van der Waals surface area contributed by atoms with E-state index in [1.54, 1.807) is 12.3 Å². The van der Waals surface area contributed by atoms with Crippen LogP contribution in [0.25, 0.3) is 5.65 Å². The average Bonchev–Trinajstić information content (AvgIpc) is 3.80. The van der Waals surface area contributed by atoms with E-state index < -0.39 is 41.1 Å². The second-order valence-corrected chi connectivity index (χ2v) is 19.6. The molecule has 0 bridgehead atoms. The van der Waals surface area contributed by atoms with E-state index in [1.165, 1.54) is 29.2 Å². The van der Waals surface area contributed by atoms with Crippen molar-refractivity contribution in [3.63, 3.8) is 0 Å². The lowest BCUT2D eigenvalue weighted by Gasteiger charge is -2.38. The van der Waals surface area contributed by atoms with Gasteiger partial charge in [-0.1, -0.05) is 74.0 Å². The minimum Gasteiger partial charge on any atom is -0.352 e. The number of nitrogens with one attached hydrogen (secondary N) is 3. The van der Waals surface area contributed by atoms with Gasteiger partial charge >= 0.3 is 6.03 Å². The number of carbonyl (C=O) groups excluding carboxylic acids is 3. The predicted molar refractivity (Wildman–Crippen MR) is 238 cm³/mol. The van der Waals surface area contributed by atoms with Crippen LogP contribution < -0.4 is 20.9 Å². The summed E-state index contributed by atoms with van der Waals surface area (Å²) in [6.07, 6.45) is 9.53. The van der Waals surface area contributed by atoms with Gasteiger partial charge in [-0.15, -0.1) is 0 Å². The van der Waals surface area contributed by atoms with Gasteiger partial charge in [0.05, 0.1) is 23.3 Å². The van der Waals surface area contributed by atoms with E-state index in [2.05, 4.69) is 43.7 Å². The van der Waals surface area contributed by atoms with E-state index in [4.69, 9.17) is 23.2 Å². The molecular weight excluding hydrogens is 845 g/mol. The van der Waals surface area contributed by atoms with E-state index in [0.717, 1.165) is 69.8 Å². The Bertz CT molecular complexity index is 2510. The number of hydrogen-bond donors (Lipinski definition) is 3. The molecule has 4 amide bonds. The molecule has 4 atom stereocenters. The van der Waals surface area contributed by atoms with Crippen LogP contribution in [0.3, 0.4) is 0 Å². The molecule has 1 saturated carbocycles. The second kappa shape index (κ2) is 18.2. The lowest BCUT2D eigenvalue weighted by Crippen LogP contribution is -2.50. The molecular formula is C48H52Cl2F2N8O3. The van der Waals surface area contributed by atoms with Gasteiger partial charge in [0, 0.05) is 65.8 Å². The maximum Gasteiger partial charge on any atom is 0.329 e. The number of piperidine rings is 1. The summed E-state index contributed by atoms with van der Waals surface area (Å²) in [7, 11) is 0. The summed E-state index contributed by atoms with van der Waals surface area (Å²) in [5.74, 6) is 5.00. The molecule has 2 aromatic carbocycles. The van der Waals surface area contributed by atoms with Crippen LogP contribution in [0.2, 0.25) is 10.0 Å². The van der Waals surface area contributed by atoms with Crippen molar-refractivity contribution in [1.82, 2.24) is 30.2 Å². The molecule has 63 heavy (non-hydrogen) atoms. The number of benzene rings is 2. The normalized spacial score (nSPS) is 25.9. The lowest BCUT2D eigenvalue weighted by atomic mass is 9.62. The van der Waals surface area contributed by atoms with Crippen LogP contribution in [0.15, 0.2) is 60.9 Å². The molecule has 3 N–H and O–H groups in total. The van der Waals surface area contributed by atoms with Gasteiger partial charge in [0.25, 0.3) is 0 Å². The highest BCUT2D eigenvalue weighted by atomic mass is 35.5. The quantitative estimate of drug-likeness (QED) is 0.152. The van der Waals surface area contributed by atoms with Gasteiger partial charge in [0.15, 0.2) is 0 Å². The van der Waals surface area contributed by atoms with E-state index in [9.17, 15) is 19.6 Å². The summed E-state index contributed by atoms with van der Waals surface area (Å²) in [6, 6.07) is 12.6. The monoisotopic (exact) mass is 896 g/mol. The Kier molecular flexibility index (Phi) is 12.9. The van der Waals surface area contributed by atoms with Gasteiger partial charge in [-0.3, -0.25) is 24.2 Å². The number of amides is 4. The van der Waals surface area contributed by atoms with E-state index >= 15 is 8.78 Å². The number of aromatic nitrogens is 2. The third kappa shape index (κ3) is 9.30. The number of likely N-dealkylation sites (tertiary alicyclic amines) is 1. The van der Waals surface area contributed by atoms with Crippen LogP contribution in [-0.2, 0) is 15.0 Å². The van der Waals surface area contributed by atoms with Crippen molar-refractivity contribution in [2.75, 3.05) is 31.1 Å². The summed E-state index contributed by atoms with van der Waals surface area (Å²) in [5.41, 5.74) is -0.347. The molecule has 0 unspecified atom stereocenters. The molecule has 0 radical (unpaired) electrons. The first-order valence-corrected chi connectivity index (χ1v) is 22.6. The molecule has 3 aliphatic heterocycles. The van der Waals surface area contributed by atoms with Gasteiger partial charge in [-0.2, -0.15) is 5.26 Å². The Morgan fingerprint density at radius 2 is 1.78 bits per heavy atom. The zero-order chi connectivity index (χ0) is 44.6. The smallest absolute Gasteiger partial charge is 0.329 e. The Hall–Kier alpha value is -5.05. The first-order valence-electron chi connectivity index (χ1n) is 21.8. The summed E-state index contributed by atoms with van der Waals surface area (Å²) < 4.78 is 34.0. The summed E-state index contributed by atoms with van der Waals surface area (Å²) in [5, 5.41) is 20.2. The van der Waals surface area contributed by atoms with Crippen LogP contribution in [0.4, 0.5) is 19.4 Å². The number of fused-ring (bicyclic) bond motifs is 1. The molecule has 0 spiro atoms. The number of imidazole rings is 1. The topological polar surface area (TPSA) is 135 Å². The van der Waals surface area contributed by atoms with Crippen molar-refractivity contribution in [2.24, 2.45) is 17.3 Å². The van der Waals surface area contributed by atoms with Gasteiger partial charge < -0.3 is 15.5 Å². The highest BCUT2D eigenvalue weighted by molar-refractivity contribution is 6.31. The Morgan fingerprint density at radius 1 is 1.02 bits per heavy atom. The van der Waals surface area contributed by atoms with E-state index in [0.29, 0.717) is 30.3 Å². The first-order chi connectivity index (χ1) is 30.1. The standard InChI is InChI=1S/C48H52Cl2F2N8O3/c1-47(2,3)25-38-48(28-53,35-14-11-32(49)24-37(35)51)42(34-5-4-6-36(50)43(34)52)44(56-38)45(62)55-33-12-9-31(10-13-33)27-58-19-15-29(16-20-58)7-8-30-17-21-59-39(23-30)54-26-41(59)60-22-18-40(61)57-46(60)63/h4-6,11,14,17,21,23-24,26,29,31,33,38,42,44,56H,9-10,12-13,15-16,18-20,22,25,27H2,1-3H3,(H,55,62)(H,57,61,63)/t31?,33?,38-,42-,44+,48-/m0/s1. The zero-order valence-electron chi connectivity index (χ0n) is 35.7. The fourth-order valence-corrected chi connectivity index (χ4v) is 10.5. The molecule has 11 nitrogen and oxygen atoms in total. The Balaban J connectivity index is 0.884. The van der Waals surface area contributed by atoms with Gasteiger partial charge in [-0.05, 0) is 105 Å². The minimum absolute atomic E-state index is 0.0573. The molecule has 4 aliphatic rings. The highest BCUT2D eigenvalue weighted by Crippen LogP contribution is 2.53. The van der Waals surface area contributed by atoms with Gasteiger partial charge in [0.1, 0.15) is 28.5 Å². The molecule has 8 rings (SSSR count). The maximum absolute atomic E-state index is 16.1. The van der Waals surface area contributed by atoms with E-state index in [-0.39, 0.29) is 56.8 Å². The molecule has 3 saturated heterocycles. The molecule has 2 aromatic heterocycles. The highest BCUT2D eigenvalue weighted by Gasteiger charge is 2.61. The third-order valence-electron chi connectivity index (χ3n) is 13.3. The third-order valence-corrected chi connectivity index (χ3v) is 13.8. The Labute approximate surface area is 376 Å². The van der Waals surface area contributed by atoms with Crippen molar-refractivity contribution >= 4 is 52.5 Å². The molecule has 330 valence electrons. The van der Waals surface area contributed by atoms with Crippen LogP contribution in [0.1, 0.15) is 94.7 Å². The summed E-state index contributed by atoms with van der Waals surface area (Å²) >= 11 is 12.5. The van der Waals surface area contributed by atoms with Crippen LogP contribution >= 0.6 is 23.2 Å². The van der Waals surface area contributed by atoms with Gasteiger partial charge in [-0.25, -0.2) is 18.6 Å². The van der Waals surface area contributed by atoms with Crippen molar-refractivity contribution in [1.29, 1.82) is 5.26 Å². The molecule has 1 aliphatic carbocycles. The maximum atomic E-state index is 16.1. The fourth-order valence-electron chi connectivity index (χ4n) is 10.2. The molecule has 4 fully saturated rings.